The van der Waals surface area contributed by atoms with Gasteiger partial charge in [0.05, 0.1) is 23.3 Å². The highest BCUT2D eigenvalue weighted by Gasteiger charge is 2.16. The predicted molar refractivity (Wildman–Crippen MR) is 112 cm³/mol. The quantitative estimate of drug-likeness (QED) is 0.466. The van der Waals surface area contributed by atoms with Crippen LogP contribution in [0.1, 0.15) is 28.4 Å². The van der Waals surface area contributed by atoms with Crippen LogP contribution in [0.5, 0.6) is 0 Å². The van der Waals surface area contributed by atoms with Gasteiger partial charge in [-0.15, -0.1) is 0 Å². The van der Waals surface area contributed by atoms with Crippen molar-refractivity contribution in [1.29, 1.82) is 10.5 Å². The Balaban J connectivity index is 2.16. The van der Waals surface area contributed by atoms with Gasteiger partial charge in [0, 0.05) is 19.2 Å². The fourth-order valence-electron chi connectivity index (χ4n) is 2.76. The highest BCUT2D eigenvalue weighted by molar-refractivity contribution is 14.1. The Morgan fingerprint density at radius 3 is 2.12 bits per heavy atom. The van der Waals surface area contributed by atoms with E-state index in [1.54, 1.807) is 24.3 Å². The van der Waals surface area contributed by atoms with E-state index in [0.29, 0.717) is 27.8 Å². The number of hydrogen-bond donors (Lipinski definition) is 1. The monoisotopic (exact) mass is 514 g/mol. The minimum atomic E-state index is -0.827. The third-order valence-corrected chi connectivity index (χ3v) is 5.20. The van der Waals surface area contributed by atoms with Gasteiger partial charge in [-0.1, -0.05) is 34.1 Å². The van der Waals surface area contributed by atoms with Crippen LogP contribution in [0.4, 0.5) is 0 Å². The van der Waals surface area contributed by atoms with E-state index >= 15 is 0 Å². The zero-order chi connectivity index (χ0) is 18.7. The van der Waals surface area contributed by atoms with Crippen molar-refractivity contribution in [3.63, 3.8) is 0 Å². The molecule has 26 heavy (non-hydrogen) atoms. The van der Waals surface area contributed by atoms with Crippen molar-refractivity contribution < 1.29 is 5.11 Å². The Hall–Kier alpha value is -2.19. The van der Waals surface area contributed by atoms with E-state index in [1.165, 1.54) is 0 Å². The molecule has 3 aromatic rings. The number of aliphatic hydroxyl groups is 1. The maximum Gasteiger partial charge on any atom is 0.104 e. The molecule has 0 amide bonds. The highest BCUT2D eigenvalue weighted by atomic mass is 127. The van der Waals surface area contributed by atoms with Gasteiger partial charge in [0.25, 0.3) is 0 Å². The normalized spacial score (nSPS) is 11.4. The molecule has 0 aliphatic carbocycles. The van der Waals surface area contributed by atoms with Crippen molar-refractivity contribution in [1.82, 2.24) is 0 Å². The number of benzene rings is 3. The van der Waals surface area contributed by atoms with Crippen LogP contribution in [0.15, 0.2) is 65.1 Å². The molecule has 0 saturated carbocycles. The Kier molecular flexibility index (Phi) is 5.73. The molecule has 126 valence electrons. The van der Waals surface area contributed by atoms with Crippen LogP contribution >= 0.6 is 38.5 Å². The first-order valence-corrected chi connectivity index (χ1v) is 9.58. The van der Waals surface area contributed by atoms with E-state index in [1.807, 2.05) is 36.4 Å². The topological polar surface area (TPSA) is 67.8 Å². The average Bonchev–Trinajstić information content (AvgIpc) is 2.66. The van der Waals surface area contributed by atoms with E-state index < -0.39 is 6.10 Å². The van der Waals surface area contributed by atoms with Gasteiger partial charge < -0.3 is 5.11 Å². The molecule has 0 spiro atoms. The number of nitrogens with zero attached hydrogens (tertiary/aromatic N) is 2. The summed E-state index contributed by atoms with van der Waals surface area (Å²) in [6.45, 7) is 0. The summed E-state index contributed by atoms with van der Waals surface area (Å²) in [6.07, 6.45) is -0.827. The molecule has 5 heteroatoms. The summed E-state index contributed by atoms with van der Waals surface area (Å²) in [5, 5.41) is 29.7. The summed E-state index contributed by atoms with van der Waals surface area (Å²) < 4.78 is 1.85. The fourth-order valence-corrected chi connectivity index (χ4v) is 3.67. The lowest BCUT2D eigenvalue weighted by Gasteiger charge is -2.15. The Morgan fingerprint density at radius 1 is 0.846 bits per heavy atom. The van der Waals surface area contributed by atoms with Crippen molar-refractivity contribution in [2.24, 2.45) is 0 Å². The molecular formula is C21H12BrIN2O. The number of halogens is 2. The van der Waals surface area contributed by atoms with Crippen LogP contribution in [0.2, 0.25) is 0 Å². The maximum atomic E-state index is 10.8. The molecule has 1 unspecified atom stereocenters. The number of hydrogen-bond acceptors (Lipinski definition) is 3. The SMILES string of the molecule is N#Cc1ccc(I)cc1-c1cc(C(O)c2cccc(Br)c2)ccc1C#N. The van der Waals surface area contributed by atoms with Crippen molar-refractivity contribution in [2.45, 2.75) is 6.10 Å². The van der Waals surface area contributed by atoms with Gasteiger partial charge in [-0.2, -0.15) is 10.5 Å². The fraction of sp³-hybridized carbons (Fsp3) is 0.0476. The third-order valence-electron chi connectivity index (χ3n) is 4.04. The van der Waals surface area contributed by atoms with Gasteiger partial charge >= 0.3 is 0 Å². The largest absolute Gasteiger partial charge is 0.384 e. The minimum absolute atomic E-state index is 0.466. The molecule has 0 saturated heterocycles. The summed E-state index contributed by atoms with van der Waals surface area (Å²) in [4.78, 5) is 0. The molecule has 0 aliphatic heterocycles. The molecule has 0 bridgehead atoms. The molecule has 1 N–H and O–H groups in total. The van der Waals surface area contributed by atoms with E-state index in [4.69, 9.17) is 0 Å². The van der Waals surface area contributed by atoms with Gasteiger partial charge in [-0.3, -0.25) is 0 Å². The average molecular weight is 515 g/mol. The first-order chi connectivity index (χ1) is 12.5. The molecule has 3 rings (SSSR count). The lowest BCUT2D eigenvalue weighted by molar-refractivity contribution is 0.220. The third kappa shape index (κ3) is 3.81. The maximum absolute atomic E-state index is 10.8. The Morgan fingerprint density at radius 2 is 1.46 bits per heavy atom. The number of aliphatic hydroxyl groups excluding tert-OH is 1. The van der Waals surface area contributed by atoms with Gasteiger partial charge in [0.1, 0.15) is 6.10 Å². The van der Waals surface area contributed by atoms with E-state index in [-0.39, 0.29) is 0 Å². The number of rotatable bonds is 3. The summed E-state index contributed by atoms with van der Waals surface area (Å²) in [5.74, 6) is 0. The lowest BCUT2D eigenvalue weighted by atomic mass is 9.92. The standard InChI is InChI=1S/C21H12BrIN2O/c22-17-3-1-2-13(8-17)21(26)14-4-5-15(11-24)19(9-14)20-10-18(23)7-6-16(20)12-25/h1-10,21,26H. The zero-order valence-corrected chi connectivity index (χ0v) is 17.2. The summed E-state index contributed by atoms with van der Waals surface area (Å²) in [7, 11) is 0. The summed E-state index contributed by atoms with van der Waals surface area (Å²) in [6, 6.07) is 22.5. The molecule has 1 atom stereocenters. The van der Waals surface area contributed by atoms with E-state index in [2.05, 4.69) is 50.7 Å². The molecule has 0 heterocycles. The molecule has 0 radical (unpaired) electrons. The second kappa shape index (κ2) is 8.01. The lowest BCUT2D eigenvalue weighted by Crippen LogP contribution is -2.01. The second-order valence-corrected chi connectivity index (χ2v) is 7.84. The summed E-state index contributed by atoms with van der Waals surface area (Å²) in [5.41, 5.74) is 3.72. The van der Waals surface area contributed by atoms with Crippen molar-refractivity contribution in [2.75, 3.05) is 0 Å². The smallest absolute Gasteiger partial charge is 0.104 e. The van der Waals surface area contributed by atoms with Crippen LogP contribution in [0, 0.1) is 26.2 Å². The highest BCUT2D eigenvalue weighted by Crippen LogP contribution is 2.33. The van der Waals surface area contributed by atoms with E-state index in [9.17, 15) is 15.6 Å². The first-order valence-electron chi connectivity index (χ1n) is 7.71. The van der Waals surface area contributed by atoms with Gasteiger partial charge in [-0.25, -0.2) is 0 Å². The van der Waals surface area contributed by atoms with Crippen LogP contribution < -0.4 is 0 Å². The van der Waals surface area contributed by atoms with Crippen molar-refractivity contribution in [3.8, 4) is 23.3 Å². The molecule has 0 fully saturated rings. The van der Waals surface area contributed by atoms with Crippen LogP contribution in [-0.2, 0) is 0 Å². The predicted octanol–water partition coefficient (Wildman–Crippen LogP) is 5.55. The van der Waals surface area contributed by atoms with Crippen LogP contribution in [0.25, 0.3) is 11.1 Å². The molecule has 3 aromatic carbocycles. The Bertz CT molecular complexity index is 1070. The van der Waals surface area contributed by atoms with Crippen molar-refractivity contribution in [3.05, 3.63) is 91.0 Å². The Labute approximate surface area is 173 Å². The van der Waals surface area contributed by atoms with Gasteiger partial charge in [0.15, 0.2) is 0 Å². The van der Waals surface area contributed by atoms with Gasteiger partial charge in [0.2, 0.25) is 0 Å². The molecular weight excluding hydrogens is 503 g/mol. The van der Waals surface area contributed by atoms with Gasteiger partial charge in [-0.05, 0) is 76.2 Å². The first kappa shape index (κ1) is 18.6. The van der Waals surface area contributed by atoms with Crippen LogP contribution in [0.3, 0.4) is 0 Å². The summed E-state index contributed by atoms with van der Waals surface area (Å²) >= 11 is 5.59. The van der Waals surface area contributed by atoms with E-state index in [0.717, 1.165) is 13.6 Å². The second-order valence-electron chi connectivity index (χ2n) is 5.68. The zero-order valence-electron chi connectivity index (χ0n) is 13.4. The molecule has 0 aromatic heterocycles. The minimum Gasteiger partial charge on any atom is -0.384 e. The van der Waals surface area contributed by atoms with Crippen LogP contribution in [-0.4, -0.2) is 5.11 Å². The molecule has 0 aliphatic rings. The molecule has 3 nitrogen and oxygen atoms in total. The number of nitriles is 2. The van der Waals surface area contributed by atoms with Crippen molar-refractivity contribution >= 4 is 38.5 Å².